The van der Waals surface area contributed by atoms with Gasteiger partial charge in [0.05, 0.1) is 11.7 Å². The highest BCUT2D eigenvalue weighted by Gasteiger charge is 2.35. The van der Waals surface area contributed by atoms with Gasteiger partial charge >= 0.3 is 0 Å². The van der Waals surface area contributed by atoms with Gasteiger partial charge in [-0.05, 0) is 43.9 Å². The fraction of sp³-hybridized carbons (Fsp3) is 0.571. The molecule has 1 fully saturated rings. The van der Waals surface area contributed by atoms with Crippen LogP contribution in [0.3, 0.4) is 0 Å². The average molecular weight is 299 g/mol. The van der Waals surface area contributed by atoms with Crippen LogP contribution in [0, 0.1) is 0 Å². The lowest BCUT2D eigenvalue weighted by Crippen LogP contribution is -2.45. The normalized spacial score (nSPS) is 26.8. The highest BCUT2D eigenvalue weighted by molar-refractivity contribution is 9.10. The molecule has 0 saturated carbocycles. The quantitative estimate of drug-likeness (QED) is 0.928. The molecule has 1 aromatic rings. The highest BCUT2D eigenvalue weighted by atomic mass is 79.9. The van der Waals surface area contributed by atoms with Gasteiger partial charge in [-0.2, -0.15) is 0 Å². The average Bonchev–Trinajstić information content (AvgIpc) is 2.30. The van der Waals surface area contributed by atoms with Crippen molar-refractivity contribution in [2.24, 2.45) is 0 Å². The Labute approximate surface area is 111 Å². The molecule has 2 atom stereocenters. The molecule has 94 valence electrons. The fourth-order valence-electron chi connectivity index (χ4n) is 2.32. The zero-order valence-corrected chi connectivity index (χ0v) is 11.7. The van der Waals surface area contributed by atoms with Crippen molar-refractivity contribution in [3.05, 3.63) is 34.3 Å². The van der Waals surface area contributed by atoms with Crippen molar-refractivity contribution < 1.29 is 9.84 Å². The predicted octanol–water partition coefficient (Wildman–Crippen LogP) is 3.31. The topological polar surface area (TPSA) is 29.5 Å². The molecule has 2 unspecified atom stereocenters. The smallest absolute Gasteiger partial charge is 0.0915 e. The van der Waals surface area contributed by atoms with Crippen molar-refractivity contribution in [1.29, 1.82) is 0 Å². The molecule has 1 aromatic carbocycles. The van der Waals surface area contributed by atoms with Gasteiger partial charge in [-0.1, -0.05) is 28.1 Å². The maximum absolute atomic E-state index is 10.3. The van der Waals surface area contributed by atoms with Crippen molar-refractivity contribution in [2.75, 3.05) is 6.61 Å². The van der Waals surface area contributed by atoms with Crippen LogP contribution in [0.2, 0.25) is 0 Å². The number of halogens is 1. The minimum atomic E-state index is -0.433. The molecular formula is C14H19BrO2. The van der Waals surface area contributed by atoms with E-state index in [0.717, 1.165) is 35.9 Å². The minimum absolute atomic E-state index is 0.374. The van der Waals surface area contributed by atoms with Crippen molar-refractivity contribution in [3.8, 4) is 0 Å². The third-order valence-corrected chi connectivity index (χ3v) is 4.02. The van der Waals surface area contributed by atoms with Crippen LogP contribution in [0.25, 0.3) is 0 Å². The minimum Gasteiger partial charge on any atom is -0.390 e. The molecule has 1 N–H and O–H groups in total. The van der Waals surface area contributed by atoms with Crippen LogP contribution in [-0.4, -0.2) is 23.4 Å². The Kier molecular flexibility index (Phi) is 4.23. The number of aliphatic hydroxyl groups excluding tert-OH is 1. The molecule has 1 aliphatic heterocycles. The molecule has 1 saturated heterocycles. The summed E-state index contributed by atoms with van der Waals surface area (Å²) < 4.78 is 6.82. The summed E-state index contributed by atoms with van der Waals surface area (Å²) in [6.07, 6.45) is 3.42. The van der Waals surface area contributed by atoms with E-state index in [1.165, 1.54) is 0 Å². The van der Waals surface area contributed by atoms with Crippen molar-refractivity contribution >= 4 is 15.9 Å². The molecule has 0 bridgehead atoms. The lowest BCUT2D eigenvalue weighted by atomic mass is 9.87. The molecule has 1 heterocycles. The van der Waals surface area contributed by atoms with Crippen molar-refractivity contribution in [1.82, 2.24) is 0 Å². The van der Waals surface area contributed by atoms with Crippen LogP contribution in [0.15, 0.2) is 28.7 Å². The van der Waals surface area contributed by atoms with Gasteiger partial charge in [0.15, 0.2) is 0 Å². The second-order valence-electron chi connectivity index (χ2n) is 4.97. The number of ether oxygens (including phenoxy) is 1. The first-order valence-corrected chi connectivity index (χ1v) is 6.96. The van der Waals surface area contributed by atoms with E-state index in [2.05, 4.69) is 22.0 Å². The predicted molar refractivity (Wildman–Crippen MR) is 72.1 cm³/mol. The number of benzene rings is 1. The molecule has 17 heavy (non-hydrogen) atoms. The van der Waals surface area contributed by atoms with Gasteiger partial charge in [-0.15, -0.1) is 0 Å². The molecule has 2 rings (SSSR count). The van der Waals surface area contributed by atoms with Crippen LogP contribution in [0.5, 0.6) is 0 Å². The summed E-state index contributed by atoms with van der Waals surface area (Å²) in [6.45, 7) is 2.79. The fourth-order valence-corrected chi connectivity index (χ4v) is 2.77. The summed E-state index contributed by atoms with van der Waals surface area (Å²) in [6, 6.07) is 8.08. The molecule has 2 nitrogen and oxygen atoms in total. The van der Waals surface area contributed by atoms with Crippen LogP contribution < -0.4 is 0 Å². The van der Waals surface area contributed by atoms with E-state index < -0.39 is 6.10 Å². The summed E-state index contributed by atoms with van der Waals surface area (Å²) >= 11 is 3.45. The number of rotatable bonds is 3. The van der Waals surface area contributed by atoms with Crippen LogP contribution >= 0.6 is 15.9 Å². The first-order valence-electron chi connectivity index (χ1n) is 6.17. The Morgan fingerprint density at radius 1 is 1.47 bits per heavy atom. The van der Waals surface area contributed by atoms with Gasteiger partial charge in [-0.25, -0.2) is 0 Å². The van der Waals surface area contributed by atoms with Gasteiger partial charge in [0.1, 0.15) is 0 Å². The molecule has 0 aliphatic carbocycles. The first kappa shape index (κ1) is 13.1. The number of hydrogen-bond donors (Lipinski definition) is 1. The molecule has 0 radical (unpaired) electrons. The molecule has 0 aromatic heterocycles. The zero-order chi connectivity index (χ0) is 12.3. The van der Waals surface area contributed by atoms with Gasteiger partial charge in [0, 0.05) is 17.5 Å². The van der Waals surface area contributed by atoms with E-state index in [1.807, 2.05) is 25.1 Å². The lowest BCUT2D eigenvalue weighted by molar-refractivity contribution is -0.135. The van der Waals surface area contributed by atoms with Crippen LogP contribution in [0.1, 0.15) is 31.7 Å². The Hall–Kier alpha value is -0.380. The Bertz CT molecular complexity index is 372. The maximum atomic E-state index is 10.3. The van der Waals surface area contributed by atoms with E-state index in [1.54, 1.807) is 0 Å². The molecule has 3 heteroatoms. The SMILES string of the molecule is CC1(C(O)Cc2cccc(Br)c2)CCCCO1. The summed E-state index contributed by atoms with van der Waals surface area (Å²) in [7, 11) is 0. The Balaban J connectivity index is 2.02. The Morgan fingerprint density at radius 3 is 2.94 bits per heavy atom. The maximum Gasteiger partial charge on any atom is 0.0915 e. The second-order valence-corrected chi connectivity index (χ2v) is 5.88. The third-order valence-electron chi connectivity index (χ3n) is 3.52. The largest absolute Gasteiger partial charge is 0.390 e. The van der Waals surface area contributed by atoms with E-state index in [9.17, 15) is 5.11 Å². The lowest BCUT2D eigenvalue weighted by Gasteiger charge is -2.38. The molecule has 1 aliphatic rings. The zero-order valence-electron chi connectivity index (χ0n) is 10.2. The van der Waals surface area contributed by atoms with Gasteiger partial charge < -0.3 is 9.84 Å². The van der Waals surface area contributed by atoms with Crippen LogP contribution in [-0.2, 0) is 11.2 Å². The molecular weight excluding hydrogens is 280 g/mol. The number of hydrogen-bond acceptors (Lipinski definition) is 2. The highest BCUT2D eigenvalue weighted by Crippen LogP contribution is 2.29. The number of aliphatic hydroxyl groups is 1. The van der Waals surface area contributed by atoms with E-state index in [0.29, 0.717) is 6.42 Å². The summed E-state index contributed by atoms with van der Waals surface area (Å²) in [4.78, 5) is 0. The van der Waals surface area contributed by atoms with E-state index in [4.69, 9.17) is 4.74 Å². The molecule has 0 amide bonds. The monoisotopic (exact) mass is 298 g/mol. The summed E-state index contributed by atoms with van der Waals surface area (Å²) in [5.41, 5.74) is 0.767. The van der Waals surface area contributed by atoms with Crippen molar-refractivity contribution in [3.63, 3.8) is 0 Å². The van der Waals surface area contributed by atoms with Gasteiger partial charge in [0.2, 0.25) is 0 Å². The van der Waals surface area contributed by atoms with Gasteiger partial charge in [0.25, 0.3) is 0 Å². The third kappa shape index (κ3) is 3.30. The van der Waals surface area contributed by atoms with Gasteiger partial charge in [-0.3, -0.25) is 0 Å². The standard InChI is InChI=1S/C14H19BrO2/c1-14(7-2-3-8-17-14)13(16)10-11-5-4-6-12(15)9-11/h4-6,9,13,16H,2-3,7-8,10H2,1H3. The first-order chi connectivity index (χ1) is 8.10. The van der Waals surface area contributed by atoms with E-state index in [-0.39, 0.29) is 5.60 Å². The summed E-state index contributed by atoms with van der Waals surface area (Å²) in [5, 5.41) is 10.3. The second kappa shape index (κ2) is 5.51. The molecule has 0 spiro atoms. The van der Waals surface area contributed by atoms with E-state index >= 15 is 0 Å². The Morgan fingerprint density at radius 2 is 2.29 bits per heavy atom. The summed E-state index contributed by atoms with van der Waals surface area (Å²) in [5.74, 6) is 0. The van der Waals surface area contributed by atoms with Crippen LogP contribution in [0.4, 0.5) is 0 Å². The van der Waals surface area contributed by atoms with Crippen molar-refractivity contribution in [2.45, 2.75) is 44.3 Å².